The van der Waals surface area contributed by atoms with Crippen LogP contribution in [-0.2, 0) is 16.0 Å². The zero-order valence-electron chi connectivity index (χ0n) is 18.0. The van der Waals surface area contributed by atoms with Crippen molar-refractivity contribution >= 4 is 17.5 Å². The summed E-state index contributed by atoms with van der Waals surface area (Å²) in [7, 11) is 1.61. The SMILES string of the molecule is COc1ccc(C(CC(=O)N(CCc2ccccc2)c2ccccc2)NC(C)=O)cc1. The molecule has 0 heterocycles. The highest BCUT2D eigenvalue weighted by atomic mass is 16.5. The second kappa shape index (κ2) is 11.0. The molecule has 0 aliphatic rings. The molecule has 1 unspecified atom stereocenters. The van der Waals surface area contributed by atoms with Crippen LogP contribution in [0.5, 0.6) is 5.75 Å². The summed E-state index contributed by atoms with van der Waals surface area (Å²) in [6.45, 7) is 2.02. The predicted molar refractivity (Wildman–Crippen MR) is 123 cm³/mol. The van der Waals surface area contributed by atoms with E-state index in [1.807, 2.05) is 72.8 Å². The number of carbonyl (C=O) groups excluding carboxylic acids is 2. The molecule has 0 aromatic heterocycles. The highest BCUT2D eigenvalue weighted by molar-refractivity contribution is 5.94. The number of methoxy groups -OCH3 is 1. The van der Waals surface area contributed by atoms with Gasteiger partial charge in [0.15, 0.2) is 0 Å². The molecule has 0 bridgehead atoms. The molecular formula is C26H28N2O3. The maximum absolute atomic E-state index is 13.4. The van der Waals surface area contributed by atoms with Crippen LogP contribution >= 0.6 is 0 Å². The maximum atomic E-state index is 13.4. The summed E-state index contributed by atoms with van der Waals surface area (Å²) in [6.07, 6.45) is 0.907. The Hall–Kier alpha value is -3.60. The Bertz CT molecular complexity index is 973. The van der Waals surface area contributed by atoms with Crippen molar-refractivity contribution in [3.05, 3.63) is 96.1 Å². The first-order chi connectivity index (χ1) is 15.1. The van der Waals surface area contributed by atoms with E-state index in [2.05, 4.69) is 17.4 Å². The quantitative estimate of drug-likeness (QED) is 0.557. The fourth-order valence-corrected chi connectivity index (χ4v) is 3.51. The molecule has 3 aromatic carbocycles. The number of nitrogens with zero attached hydrogens (tertiary/aromatic N) is 1. The van der Waals surface area contributed by atoms with Crippen LogP contribution in [0.1, 0.15) is 30.5 Å². The maximum Gasteiger partial charge on any atom is 0.229 e. The second-order valence-electron chi connectivity index (χ2n) is 7.35. The van der Waals surface area contributed by atoms with Crippen molar-refractivity contribution in [2.45, 2.75) is 25.8 Å². The molecule has 0 spiro atoms. The minimum atomic E-state index is -0.418. The van der Waals surface area contributed by atoms with E-state index in [1.54, 1.807) is 12.0 Å². The Morgan fingerprint density at radius 2 is 1.52 bits per heavy atom. The van der Waals surface area contributed by atoms with Gasteiger partial charge in [0.2, 0.25) is 11.8 Å². The molecule has 0 radical (unpaired) electrons. The Morgan fingerprint density at radius 1 is 0.903 bits per heavy atom. The normalized spacial score (nSPS) is 11.4. The highest BCUT2D eigenvalue weighted by Crippen LogP contribution is 2.23. The molecular weight excluding hydrogens is 388 g/mol. The van der Waals surface area contributed by atoms with Crippen molar-refractivity contribution in [3.8, 4) is 5.75 Å². The molecule has 0 fully saturated rings. The van der Waals surface area contributed by atoms with Crippen molar-refractivity contribution in [2.24, 2.45) is 0 Å². The van der Waals surface area contributed by atoms with Crippen LogP contribution in [0.2, 0.25) is 0 Å². The molecule has 2 amide bonds. The van der Waals surface area contributed by atoms with Gasteiger partial charge in [-0.3, -0.25) is 9.59 Å². The third-order valence-corrected chi connectivity index (χ3v) is 5.11. The predicted octanol–water partition coefficient (Wildman–Crippen LogP) is 4.54. The van der Waals surface area contributed by atoms with E-state index < -0.39 is 6.04 Å². The standard InChI is InChI=1S/C26H28N2O3/c1-20(29)27-25(22-13-15-24(31-2)16-14-22)19-26(30)28(23-11-7-4-8-12-23)18-17-21-9-5-3-6-10-21/h3-16,25H,17-19H2,1-2H3,(H,27,29). The van der Waals surface area contributed by atoms with Crippen LogP contribution < -0.4 is 15.0 Å². The third kappa shape index (κ3) is 6.44. The van der Waals surface area contributed by atoms with Gasteiger partial charge in [0.25, 0.3) is 0 Å². The lowest BCUT2D eigenvalue weighted by molar-refractivity contribution is -0.121. The third-order valence-electron chi connectivity index (χ3n) is 5.11. The lowest BCUT2D eigenvalue weighted by atomic mass is 10.0. The number of para-hydroxylation sites is 1. The average Bonchev–Trinajstić information content (AvgIpc) is 2.80. The number of benzene rings is 3. The molecule has 3 rings (SSSR count). The number of nitrogens with one attached hydrogen (secondary N) is 1. The number of hydrogen-bond acceptors (Lipinski definition) is 3. The van der Waals surface area contributed by atoms with Gasteiger partial charge in [0.1, 0.15) is 5.75 Å². The van der Waals surface area contributed by atoms with Crippen molar-refractivity contribution < 1.29 is 14.3 Å². The van der Waals surface area contributed by atoms with E-state index in [0.29, 0.717) is 6.54 Å². The summed E-state index contributed by atoms with van der Waals surface area (Å²) in [4.78, 5) is 27.0. The van der Waals surface area contributed by atoms with Crippen LogP contribution in [0.15, 0.2) is 84.9 Å². The van der Waals surface area contributed by atoms with Gasteiger partial charge < -0.3 is 15.0 Å². The highest BCUT2D eigenvalue weighted by Gasteiger charge is 2.22. The second-order valence-corrected chi connectivity index (χ2v) is 7.35. The van der Waals surface area contributed by atoms with E-state index in [1.165, 1.54) is 12.5 Å². The van der Waals surface area contributed by atoms with Crippen molar-refractivity contribution in [1.82, 2.24) is 5.32 Å². The number of rotatable bonds is 9. The van der Waals surface area contributed by atoms with E-state index in [-0.39, 0.29) is 18.2 Å². The van der Waals surface area contributed by atoms with Gasteiger partial charge in [0.05, 0.1) is 19.6 Å². The van der Waals surface area contributed by atoms with Gasteiger partial charge in [-0.1, -0.05) is 60.7 Å². The number of amides is 2. The molecule has 0 saturated carbocycles. The summed E-state index contributed by atoms with van der Waals surface area (Å²) in [5, 5.41) is 2.92. The Balaban J connectivity index is 1.80. The molecule has 1 atom stereocenters. The monoisotopic (exact) mass is 416 g/mol. The Labute approximate surface area is 183 Å². The number of ether oxygens (including phenoxy) is 1. The molecule has 0 aliphatic heterocycles. The van der Waals surface area contributed by atoms with Crippen LogP contribution in [0, 0.1) is 0 Å². The smallest absolute Gasteiger partial charge is 0.229 e. The van der Waals surface area contributed by atoms with Crippen LogP contribution in [-0.4, -0.2) is 25.5 Å². The molecule has 5 heteroatoms. The topological polar surface area (TPSA) is 58.6 Å². The fraction of sp³-hybridized carbons (Fsp3) is 0.231. The number of anilines is 1. The van der Waals surface area contributed by atoms with Crippen LogP contribution in [0.4, 0.5) is 5.69 Å². The molecule has 1 N–H and O–H groups in total. The minimum Gasteiger partial charge on any atom is -0.497 e. The van der Waals surface area contributed by atoms with Crippen molar-refractivity contribution in [2.75, 3.05) is 18.6 Å². The number of hydrogen-bond donors (Lipinski definition) is 1. The summed E-state index contributed by atoms with van der Waals surface area (Å²) in [5.74, 6) is 0.506. The summed E-state index contributed by atoms with van der Waals surface area (Å²) >= 11 is 0. The van der Waals surface area contributed by atoms with Gasteiger partial charge in [-0.05, 0) is 41.8 Å². The van der Waals surface area contributed by atoms with E-state index >= 15 is 0 Å². The molecule has 160 valence electrons. The van der Waals surface area contributed by atoms with E-state index in [9.17, 15) is 9.59 Å². The first kappa shape index (κ1) is 22.1. The minimum absolute atomic E-state index is 0.0447. The first-order valence-electron chi connectivity index (χ1n) is 10.4. The molecule has 5 nitrogen and oxygen atoms in total. The largest absolute Gasteiger partial charge is 0.497 e. The molecule has 0 saturated heterocycles. The summed E-state index contributed by atoms with van der Waals surface area (Å²) in [5.41, 5.74) is 2.88. The Morgan fingerprint density at radius 3 is 2.10 bits per heavy atom. The first-order valence-corrected chi connectivity index (χ1v) is 10.4. The lowest BCUT2D eigenvalue weighted by Crippen LogP contribution is -2.37. The van der Waals surface area contributed by atoms with Gasteiger partial charge in [-0.2, -0.15) is 0 Å². The van der Waals surface area contributed by atoms with Gasteiger partial charge in [-0.25, -0.2) is 0 Å². The van der Waals surface area contributed by atoms with Gasteiger partial charge in [-0.15, -0.1) is 0 Å². The van der Waals surface area contributed by atoms with Gasteiger partial charge in [0, 0.05) is 19.2 Å². The summed E-state index contributed by atoms with van der Waals surface area (Å²) < 4.78 is 5.22. The number of carbonyl (C=O) groups is 2. The molecule has 0 aliphatic carbocycles. The van der Waals surface area contributed by atoms with Crippen LogP contribution in [0.3, 0.4) is 0 Å². The molecule has 3 aromatic rings. The average molecular weight is 417 g/mol. The van der Waals surface area contributed by atoms with Crippen LogP contribution in [0.25, 0.3) is 0 Å². The van der Waals surface area contributed by atoms with E-state index in [4.69, 9.17) is 4.74 Å². The van der Waals surface area contributed by atoms with Crippen molar-refractivity contribution in [1.29, 1.82) is 0 Å². The zero-order chi connectivity index (χ0) is 22.1. The molecule has 31 heavy (non-hydrogen) atoms. The van der Waals surface area contributed by atoms with Gasteiger partial charge >= 0.3 is 0 Å². The van der Waals surface area contributed by atoms with E-state index in [0.717, 1.165) is 23.4 Å². The summed E-state index contributed by atoms with van der Waals surface area (Å²) in [6, 6.07) is 26.8. The zero-order valence-corrected chi connectivity index (χ0v) is 18.0. The lowest BCUT2D eigenvalue weighted by Gasteiger charge is -2.26. The fourth-order valence-electron chi connectivity index (χ4n) is 3.51. The Kier molecular flexibility index (Phi) is 7.82. The van der Waals surface area contributed by atoms with Crippen molar-refractivity contribution in [3.63, 3.8) is 0 Å².